The van der Waals surface area contributed by atoms with Crippen molar-refractivity contribution in [1.29, 1.82) is 0 Å². The number of amides is 1. The number of hydrogen-bond acceptors (Lipinski definition) is 2. The summed E-state index contributed by atoms with van der Waals surface area (Å²) in [5.74, 6) is -1.04. The van der Waals surface area contributed by atoms with Gasteiger partial charge in [-0.05, 0) is 43.3 Å². The summed E-state index contributed by atoms with van der Waals surface area (Å²) in [5, 5.41) is 3.37. The van der Waals surface area contributed by atoms with E-state index in [1.165, 1.54) is 25.1 Å². The second-order valence-corrected chi connectivity index (χ2v) is 6.21. The molecule has 0 aliphatic rings. The Labute approximate surface area is 145 Å². The van der Waals surface area contributed by atoms with Crippen LogP contribution in [0.2, 0.25) is 10.0 Å². The number of hydrogen-bond donors (Lipinski definition) is 1. The van der Waals surface area contributed by atoms with E-state index in [0.29, 0.717) is 20.2 Å². The molecule has 1 amide bonds. The first-order valence-corrected chi connectivity index (χ1v) is 7.79. The molecular formula is C15H11BrCl2FNO2. The Kier molecular flexibility index (Phi) is 5.67. The van der Waals surface area contributed by atoms with E-state index in [9.17, 15) is 9.18 Å². The predicted octanol–water partition coefficient (Wildman–Crippen LogP) is 5.30. The summed E-state index contributed by atoms with van der Waals surface area (Å²) in [6.45, 7) is 1.51. The highest BCUT2D eigenvalue weighted by Crippen LogP contribution is 2.26. The maximum absolute atomic E-state index is 13.7. The number of halogens is 4. The van der Waals surface area contributed by atoms with Crippen molar-refractivity contribution in [2.75, 3.05) is 5.32 Å². The van der Waals surface area contributed by atoms with E-state index >= 15 is 0 Å². The molecule has 1 N–H and O–H groups in total. The van der Waals surface area contributed by atoms with Gasteiger partial charge in [-0.3, -0.25) is 4.79 Å². The molecule has 0 bridgehead atoms. The molecule has 0 aliphatic carbocycles. The van der Waals surface area contributed by atoms with Crippen molar-refractivity contribution in [3.63, 3.8) is 0 Å². The van der Waals surface area contributed by atoms with Crippen LogP contribution in [0.25, 0.3) is 0 Å². The lowest BCUT2D eigenvalue weighted by Gasteiger charge is -2.16. The molecule has 0 aliphatic heterocycles. The van der Waals surface area contributed by atoms with E-state index in [0.717, 1.165) is 0 Å². The van der Waals surface area contributed by atoms with Crippen molar-refractivity contribution < 1.29 is 13.9 Å². The fourth-order valence-electron chi connectivity index (χ4n) is 1.64. The molecular weight excluding hydrogens is 396 g/mol. The quantitative estimate of drug-likeness (QED) is 0.747. The lowest BCUT2D eigenvalue weighted by atomic mass is 10.3. The van der Waals surface area contributed by atoms with Crippen LogP contribution >= 0.6 is 39.1 Å². The van der Waals surface area contributed by atoms with E-state index in [-0.39, 0.29) is 5.75 Å². The second-order valence-electron chi connectivity index (χ2n) is 4.45. The van der Waals surface area contributed by atoms with Crippen LogP contribution in [0.3, 0.4) is 0 Å². The number of ether oxygens (including phenoxy) is 1. The van der Waals surface area contributed by atoms with Crippen molar-refractivity contribution in [1.82, 2.24) is 0 Å². The molecule has 0 aromatic heterocycles. The molecule has 22 heavy (non-hydrogen) atoms. The third kappa shape index (κ3) is 4.35. The zero-order chi connectivity index (χ0) is 16.3. The van der Waals surface area contributed by atoms with Crippen LogP contribution in [0.4, 0.5) is 10.1 Å². The summed E-state index contributed by atoms with van der Waals surface area (Å²) in [7, 11) is 0. The molecule has 2 rings (SSSR count). The maximum Gasteiger partial charge on any atom is 0.265 e. The van der Waals surface area contributed by atoms with Crippen molar-refractivity contribution in [3.8, 4) is 5.75 Å². The number of rotatable bonds is 4. The minimum atomic E-state index is -0.911. The Balaban J connectivity index is 2.07. The zero-order valence-electron chi connectivity index (χ0n) is 11.4. The van der Waals surface area contributed by atoms with Crippen LogP contribution in [-0.4, -0.2) is 12.0 Å². The third-order valence-corrected chi connectivity index (χ3v) is 3.81. The smallest absolute Gasteiger partial charge is 0.265 e. The molecule has 3 nitrogen and oxygen atoms in total. The average molecular weight is 407 g/mol. The topological polar surface area (TPSA) is 38.3 Å². The summed E-state index contributed by atoms with van der Waals surface area (Å²) in [6, 6.07) is 9.02. The van der Waals surface area contributed by atoms with Crippen molar-refractivity contribution >= 4 is 50.7 Å². The van der Waals surface area contributed by atoms with Gasteiger partial charge in [0, 0.05) is 9.50 Å². The first-order chi connectivity index (χ1) is 10.4. The van der Waals surface area contributed by atoms with E-state index in [4.69, 9.17) is 27.9 Å². The molecule has 7 heteroatoms. The molecule has 2 aromatic carbocycles. The summed E-state index contributed by atoms with van der Waals surface area (Å²) in [6.07, 6.45) is -0.911. The van der Waals surface area contributed by atoms with Crippen LogP contribution in [0.5, 0.6) is 5.75 Å². The van der Waals surface area contributed by atoms with E-state index in [1.807, 2.05) is 0 Å². The van der Waals surface area contributed by atoms with Gasteiger partial charge in [-0.15, -0.1) is 0 Å². The van der Waals surface area contributed by atoms with Crippen molar-refractivity contribution in [3.05, 3.63) is 56.7 Å². The highest BCUT2D eigenvalue weighted by atomic mass is 79.9. The average Bonchev–Trinajstić information content (AvgIpc) is 2.45. The van der Waals surface area contributed by atoms with Crippen LogP contribution < -0.4 is 10.1 Å². The number of nitrogens with one attached hydrogen (secondary N) is 1. The highest BCUT2D eigenvalue weighted by Gasteiger charge is 2.18. The number of carbonyl (C=O) groups excluding carboxylic acids is 1. The summed E-state index contributed by atoms with van der Waals surface area (Å²) >= 11 is 15.0. The van der Waals surface area contributed by atoms with Gasteiger partial charge in [0.1, 0.15) is 0 Å². The lowest BCUT2D eigenvalue weighted by Crippen LogP contribution is -2.30. The second kappa shape index (κ2) is 7.31. The Morgan fingerprint density at radius 3 is 2.68 bits per heavy atom. The predicted molar refractivity (Wildman–Crippen MR) is 89.3 cm³/mol. The standard InChI is InChI=1S/C15H11BrCl2FNO2/c1-8(22-14-5-2-9(16)6-12(14)19)15(21)20-13-7-10(17)3-4-11(13)18/h2-8H,1H3,(H,20,21). The fraction of sp³-hybridized carbons (Fsp3) is 0.133. The van der Waals surface area contributed by atoms with Crippen LogP contribution in [0.15, 0.2) is 40.9 Å². The van der Waals surface area contributed by atoms with E-state index < -0.39 is 17.8 Å². The van der Waals surface area contributed by atoms with Crippen LogP contribution in [0.1, 0.15) is 6.92 Å². The van der Waals surface area contributed by atoms with Crippen LogP contribution in [-0.2, 0) is 4.79 Å². The van der Waals surface area contributed by atoms with Crippen LogP contribution in [0, 0.1) is 5.82 Å². The van der Waals surface area contributed by atoms with E-state index in [2.05, 4.69) is 21.2 Å². The summed E-state index contributed by atoms with van der Waals surface area (Å²) in [5.41, 5.74) is 0.367. The van der Waals surface area contributed by atoms with Gasteiger partial charge in [-0.1, -0.05) is 39.1 Å². The van der Waals surface area contributed by atoms with Gasteiger partial charge in [0.25, 0.3) is 5.91 Å². The Morgan fingerprint density at radius 1 is 1.27 bits per heavy atom. The third-order valence-electron chi connectivity index (χ3n) is 2.75. The largest absolute Gasteiger partial charge is 0.478 e. The molecule has 2 aromatic rings. The van der Waals surface area contributed by atoms with Gasteiger partial charge >= 0.3 is 0 Å². The summed E-state index contributed by atoms with van der Waals surface area (Å²) < 4.78 is 19.6. The number of carbonyl (C=O) groups is 1. The molecule has 0 radical (unpaired) electrons. The minimum Gasteiger partial charge on any atom is -0.478 e. The molecule has 0 fully saturated rings. The molecule has 116 valence electrons. The zero-order valence-corrected chi connectivity index (χ0v) is 14.5. The van der Waals surface area contributed by atoms with Crippen molar-refractivity contribution in [2.45, 2.75) is 13.0 Å². The van der Waals surface area contributed by atoms with Gasteiger partial charge in [0.2, 0.25) is 0 Å². The first kappa shape index (κ1) is 17.1. The van der Waals surface area contributed by atoms with Gasteiger partial charge < -0.3 is 10.1 Å². The Morgan fingerprint density at radius 2 is 2.00 bits per heavy atom. The molecule has 0 spiro atoms. The fourth-order valence-corrected chi connectivity index (χ4v) is 2.31. The molecule has 0 saturated heterocycles. The van der Waals surface area contributed by atoms with Gasteiger partial charge in [-0.2, -0.15) is 0 Å². The van der Waals surface area contributed by atoms with Gasteiger partial charge in [0.05, 0.1) is 10.7 Å². The Bertz CT molecular complexity index is 712. The molecule has 1 unspecified atom stereocenters. The van der Waals surface area contributed by atoms with Crippen molar-refractivity contribution in [2.24, 2.45) is 0 Å². The number of anilines is 1. The SMILES string of the molecule is CC(Oc1ccc(Br)cc1F)C(=O)Nc1cc(Cl)ccc1Cl. The highest BCUT2D eigenvalue weighted by molar-refractivity contribution is 9.10. The minimum absolute atomic E-state index is 0.0111. The summed E-state index contributed by atoms with van der Waals surface area (Å²) in [4.78, 5) is 12.1. The van der Waals surface area contributed by atoms with E-state index in [1.54, 1.807) is 18.2 Å². The lowest BCUT2D eigenvalue weighted by molar-refractivity contribution is -0.122. The molecule has 0 heterocycles. The number of benzene rings is 2. The maximum atomic E-state index is 13.7. The Hall–Kier alpha value is -1.30. The first-order valence-electron chi connectivity index (χ1n) is 6.24. The van der Waals surface area contributed by atoms with Gasteiger partial charge in [-0.25, -0.2) is 4.39 Å². The van der Waals surface area contributed by atoms with Gasteiger partial charge in [0.15, 0.2) is 17.7 Å². The molecule has 0 saturated carbocycles. The normalized spacial score (nSPS) is 11.9. The molecule has 1 atom stereocenters. The monoisotopic (exact) mass is 405 g/mol.